The molecule has 0 bridgehead atoms. The third-order valence-electron chi connectivity index (χ3n) is 7.54. The van der Waals surface area contributed by atoms with E-state index in [1.54, 1.807) is 17.0 Å². The van der Waals surface area contributed by atoms with E-state index in [1.165, 1.54) is 44.9 Å². The number of carbonyl (C=O) groups excluding carboxylic acids is 2. The second kappa shape index (κ2) is 11.6. The van der Waals surface area contributed by atoms with Gasteiger partial charge in [0.2, 0.25) is 11.5 Å². The van der Waals surface area contributed by atoms with Gasteiger partial charge in [0, 0.05) is 44.0 Å². The SMILES string of the molecule is COc1ccc(C2=NC(C)(C(=O)Nc3ccc(C(=O)N4CCN(CC5CCNC5)CC4)c(Cl)c3)N=C2)c(F)c1F. The molecule has 2 amide bonds. The van der Waals surface area contributed by atoms with Crippen molar-refractivity contribution in [3.05, 3.63) is 58.1 Å². The average Bonchev–Trinajstić information content (AvgIpc) is 3.61. The summed E-state index contributed by atoms with van der Waals surface area (Å²) in [7, 11) is 1.24. The first-order chi connectivity index (χ1) is 19.2. The van der Waals surface area contributed by atoms with Gasteiger partial charge >= 0.3 is 0 Å². The second-order valence-corrected chi connectivity index (χ2v) is 10.7. The number of nitrogens with zero attached hydrogens (tertiary/aromatic N) is 4. The molecule has 0 saturated carbocycles. The van der Waals surface area contributed by atoms with Gasteiger partial charge in [-0.1, -0.05) is 11.6 Å². The van der Waals surface area contributed by atoms with Crippen LogP contribution in [-0.4, -0.2) is 92.1 Å². The highest BCUT2D eigenvalue weighted by atomic mass is 35.5. The lowest BCUT2D eigenvalue weighted by atomic mass is 10.1. The minimum absolute atomic E-state index is 0.0238. The first-order valence-electron chi connectivity index (χ1n) is 13.2. The maximum Gasteiger partial charge on any atom is 0.274 e. The molecule has 5 rings (SSSR count). The summed E-state index contributed by atoms with van der Waals surface area (Å²) in [5.74, 6) is -2.62. The molecule has 0 radical (unpaired) electrons. The Labute approximate surface area is 236 Å². The van der Waals surface area contributed by atoms with E-state index < -0.39 is 23.2 Å². The van der Waals surface area contributed by atoms with Crippen LogP contribution in [0, 0.1) is 17.6 Å². The molecular weight excluding hydrogens is 542 g/mol. The molecule has 3 heterocycles. The Morgan fingerprint density at radius 1 is 1.18 bits per heavy atom. The van der Waals surface area contributed by atoms with Crippen molar-refractivity contribution >= 4 is 41.0 Å². The van der Waals surface area contributed by atoms with Crippen LogP contribution in [0.2, 0.25) is 5.02 Å². The number of piperazine rings is 1. The molecule has 212 valence electrons. The van der Waals surface area contributed by atoms with Crippen molar-refractivity contribution in [3.8, 4) is 5.75 Å². The van der Waals surface area contributed by atoms with Crippen LogP contribution in [0.25, 0.3) is 0 Å². The number of ether oxygens (including phenoxy) is 1. The van der Waals surface area contributed by atoms with E-state index in [2.05, 4.69) is 25.5 Å². The van der Waals surface area contributed by atoms with Crippen LogP contribution in [0.3, 0.4) is 0 Å². The van der Waals surface area contributed by atoms with E-state index in [0.29, 0.717) is 30.3 Å². The van der Waals surface area contributed by atoms with Gasteiger partial charge in [0.05, 0.1) is 29.6 Å². The summed E-state index contributed by atoms with van der Waals surface area (Å²) in [5.41, 5.74) is -1.01. The lowest BCUT2D eigenvalue weighted by Gasteiger charge is -2.36. The number of nitrogens with one attached hydrogen (secondary N) is 2. The normalized spacial score (nSPS) is 22.9. The zero-order chi connectivity index (χ0) is 28.4. The maximum atomic E-state index is 14.5. The lowest BCUT2D eigenvalue weighted by molar-refractivity contribution is -0.120. The molecule has 2 atom stereocenters. The zero-order valence-electron chi connectivity index (χ0n) is 22.3. The number of aliphatic imine (C=N–C) groups is 2. The second-order valence-electron chi connectivity index (χ2n) is 10.3. The number of halogens is 3. The highest BCUT2D eigenvalue weighted by molar-refractivity contribution is 6.40. The Morgan fingerprint density at radius 3 is 2.62 bits per heavy atom. The van der Waals surface area contributed by atoms with Gasteiger partial charge in [-0.15, -0.1) is 0 Å². The molecule has 2 aromatic carbocycles. The molecule has 0 aromatic heterocycles. The molecule has 9 nitrogen and oxygen atoms in total. The largest absolute Gasteiger partial charge is 0.494 e. The Bertz CT molecular complexity index is 1370. The summed E-state index contributed by atoms with van der Waals surface area (Å²) >= 11 is 6.46. The first kappa shape index (κ1) is 28.1. The molecule has 2 saturated heterocycles. The zero-order valence-corrected chi connectivity index (χ0v) is 23.1. The fourth-order valence-electron chi connectivity index (χ4n) is 5.16. The van der Waals surface area contributed by atoms with Gasteiger partial charge in [-0.05, 0) is 62.7 Å². The van der Waals surface area contributed by atoms with Crippen molar-refractivity contribution in [1.29, 1.82) is 0 Å². The summed E-state index contributed by atoms with van der Waals surface area (Å²) < 4.78 is 33.5. The Morgan fingerprint density at radius 2 is 1.95 bits per heavy atom. The average molecular weight is 573 g/mol. The first-order valence-corrected chi connectivity index (χ1v) is 13.6. The minimum atomic E-state index is -1.60. The van der Waals surface area contributed by atoms with E-state index in [1.807, 2.05) is 0 Å². The van der Waals surface area contributed by atoms with Gasteiger partial charge in [0.15, 0.2) is 11.6 Å². The highest BCUT2D eigenvalue weighted by Gasteiger charge is 2.37. The number of carbonyl (C=O) groups is 2. The molecule has 12 heteroatoms. The maximum absolute atomic E-state index is 14.5. The Kier molecular flexibility index (Phi) is 8.16. The van der Waals surface area contributed by atoms with Crippen LogP contribution in [-0.2, 0) is 4.79 Å². The van der Waals surface area contributed by atoms with Gasteiger partial charge in [-0.3, -0.25) is 19.5 Å². The van der Waals surface area contributed by atoms with Gasteiger partial charge in [0.1, 0.15) is 0 Å². The van der Waals surface area contributed by atoms with Gasteiger partial charge in [-0.25, -0.2) is 9.38 Å². The summed E-state index contributed by atoms with van der Waals surface area (Å²) in [6, 6.07) is 7.26. The predicted molar refractivity (Wildman–Crippen MR) is 150 cm³/mol. The van der Waals surface area contributed by atoms with Crippen molar-refractivity contribution in [2.24, 2.45) is 15.9 Å². The third kappa shape index (κ3) is 5.72. The number of benzene rings is 2. The van der Waals surface area contributed by atoms with Crippen LogP contribution < -0.4 is 15.4 Å². The van der Waals surface area contributed by atoms with Gasteiger partial charge in [0.25, 0.3) is 11.8 Å². The van der Waals surface area contributed by atoms with E-state index in [-0.39, 0.29) is 28.0 Å². The summed E-state index contributed by atoms with van der Waals surface area (Å²) in [6.45, 7) is 7.52. The number of amides is 2. The molecule has 3 aliphatic heterocycles. The summed E-state index contributed by atoms with van der Waals surface area (Å²) in [5, 5.41) is 6.30. The number of rotatable bonds is 7. The number of anilines is 1. The number of hydrogen-bond donors (Lipinski definition) is 2. The van der Waals surface area contributed by atoms with E-state index in [0.717, 1.165) is 32.7 Å². The molecular formula is C28H31ClF2N6O3. The molecule has 2 N–H and O–H groups in total. The van der Waals surface area contributed by atoms with Crippen molar-refractivity contribution in [1.82, 2.24) is 15.1 Å². The summed E-state index contributed by atoms with van der Waals surface area (Å²) in [4.78, 5) is 38.8. The topological polar surface area (TPSA) is 98.6 Å². The number of hydrogen-bond acceptors (Lipinski definition) is 7. The van der Waals surface area contributed by atoms with Crippen LogP contribution in [0.4, 0.5) is 14.5 Å². The molecule has 2 fully saturated rings. The number of methoxy groups -OCH3 is 1. The van der Waals surface area contributed by atoms with E-state index in [9.17, 15) is 18.4 Å². The minimum Gasteiger partial charge on any atom is -0.494 e. The van der Waals surface area contributed by atoms with E-state index in [4.69, 9.17) is 16.3 Å². The van der Waals surface area contributed by atoms with Crippen molar-refractivity contribution in [3.63, 3.8) is 0 Å². The fraction of sp³-hybridized carbons (Fsp3) is 0.429. The van der Waals surface area contributed by atoms with E-state index >= 15 is 0 Å². The Hall–Kier alpha value is -3.41. The monoisotopic (exact) mass is 572 g/mol. The van der Waals surface area contributed by atoms with Crippen LogP contribution >= 0.6 is 11.6 Å². The standard InChI is InChI=1S/C28H31ClF2N6O3/c1-28(33-15-22(35-28)20-5-6-23(40-2)25(31)24(20)30)27(39)34-18-3-4-19(21(29)13-18)26(38)37-11-9-36(10-12-37)16-17-7-8-32-14-17/h3-6,13,15,17,32H,7-12,14,16H2,1-2H3,(H,34,39). The van der Waals surface area contributed by atoms with Crippen LogP contribution in [0.5, 0.6) is 5.75 Å². The van der Waals surface area contributed by atoms with Crippen molar-refractivity contribution in [2.75, 3.05) is 58.2 Å². The molecule has 40 heavy (non-hydrogen) atoms. The predicted octanol–water partition coefficient (Wildman–Crippen LogP) is 3.22. The molecule has 0 aliphatic carbocycles. The molecule has 2 unspecified atom stereocenters. The molecule has 2 aromatic rings. The molecule has 3 aliphatic rings. The third-order valence-corrected chi connectivity index (χ3v) is 7.86. The lowest BCUT2D eigenvalue weighted by Crippen LogP contribution is -2.50. The van der Waals surface area contributed by atoms with Gasteiger partial charge < -0.3 is 20.3 Å². The van der Waals surface area contributed by atoms with Crippen molar-refractivity contribution in [2.45, 2.75) is 19.0 Å². The van der Waals surface area contributed by atoms with Crippen LogP contribution in [0.15, 0.2) is 40.3 Å². The van der Waals surface area contributed by atoms with Gasteiger partial charge in [-0.2, -0.15) is 4.39 Å². The highest BCUT2D eigenvalue weighted by Crippen LogP contribution is 2.28. The Balaban J connectivity index is 1.21. The van der Waals surface area contributed by atoms with Crippen LogP contribution in [0.1, 0.15) is 29.3 Å². The summed E-state index contributed by atoms with van der Waals surface area (Å²) in [6.07, 6.45) is 2.42. The smallest absolute Gasteiger partial charge is 0.274 e. The fourth-order valence-corrected chi connectivity index (χ4v) is 5.42. The molecule has 0 spiro atoms. The quantitative estimate of drug-likeness (QED) is 0.531. The van der Waals surface area contributed by atoms with Crippen molar-refractivity contribution < 1.29 is 23.1 Å².